The van der Waals surface area contributed by atoms with E-state index in [2.05, 4.69) is 103 Å². The summed E-state index contributed by atoms with van der Waals surface area (Å²) in [7, 11) is 0. The van der Waals surface area contributed by atoms with Crippen molar-refractivity contribution in [2.75, 3.05) is 102 Å². The van der Waals surface area contributed by atoms with Crippen LogP contribution in [-0.4, -0.2) is 175 Å². The van der Waals surface area contributed by atoms with Gasteiger partial charge in [0.2, 0.25) is 0 Å². The number of thioether (sulfide) groups is 4. The number of carbonyl (C=O) groups excluding carboxylic acids is 8. The molecule has 0 saturated carbocycles. The molecule has 4 N–H and O–H groups in total. The van der Waals surface area contributed by atoms with Crippen LogP contribution in [0.2, 0.25) is 10.0 Å². The molecule has 30 heteroatoms. The molecule has 4 atom stereocenters. The van der Waals surface area contributed by atoms with Gasteiger partial charge in [0.05, 0.1) is 26.2 Å². The van der Waals surface area contributed by atoms with Crippen LogP contribution in [0.5, 0.6) is 23.0 Å². The normalized spacial score (nSPS) is 11.5. The summed E-state index contributed by atoms with van der Waals surface area (Å²) in [6.45, 7) is 35.4. The molecule has 24 nitrogen and oxygen atoms in total. The molecule has 4 amide bonds. The van der Waals surface area contributed by atoms with E-state index in [1.807, 2.05) is 206 Å². The Hall–Kier alpha value is -11.1. The van der Waals surface area contributed by atoms with Gasteiger partial charge in [-0.1, -0.05) is 190 Å². The number of ether oxygens (including phenoxy) is 12. The Morgan fingerprint density at radius 3 is 0.750 bits per heavy atom. The number of hydrogen-bond donors (Lipinski definition) is 4. The first-order chi connectivity index (χ1) is 61.4. The van der Waals surface area contributed by atoms with E-state index in [-0.39, 0.29) is 79.0 Å². The molecule has 8 rings (SSSR count). The lowest BCUT2D eigenvalue weighted by molar-refractivity contribution is -0.139. The molecule has 0 radical (unpaired) electrons. The number of alkyl carbamates (subject to hydrolysis) is 4. The van der Waals surface area contributed by atoms with Crippen molar-refractivity contribution in [2.45, 2.75) is 137 Å². The molecular formula is C98H118Cl2N4O20S4. The maximum absolute atomic E-state index is 12.2. The fourth-order valence-electron chi connectivity index (χ4n) is 10.2. The Balaban J connectivity index is 0.000000303. The minimum absolute atomic E-state index is 0.0306. The molecule has 0 aliphatic heterocycles. The van der Waals surface area contributed by atoms with Gasteiger partial charge in [0.1, 0.15) is 100 Å². The summed E-state index contributed by atoms with van der Waals surface area (Å²) in [5.41, 5.74) is 5.52. The van der Waals surface area contributed by atoms with Gasteiger partial charge in [-0.15, -0.1) is 47.0 Å². The molecule has 128 heavy (non-hydrogen) atoms. The molecule has 0 fully saturated rings. The molecule has 0 spiro atoms. The van der Waals surface area contributed by atoms with Crippen LogP contribution in [0.3, 0.4) is 0 Å². The van der Waals surface area contributed by atoms with E-state index in [4.69, 9.17) is 80.0 Å². The Morgan fingerprint density at radius 2 is 0.539 bits per heavy atom. The summed E-state index contributed by atoms with van der Waals surface area (Å²) in [5.74, 6) is 4.59. The zero-order valence-corrected chi connectivity index (χ0v) is 78.9. The molecule has 0 saturated heterocycles. The Bertz CT molecular complexity index is 4660. The molecule has 8 aromatic carbocycles. The number of esters is 4. The lowest BCUT2D eigenvalue weighted by Gasteiger charge is -2.19. The second-order valence-corrected chi connectivity index (χ2v) is 34.6. The highest BCUT2D eigenvalue weighted by atomic mass is 35.5. The highest BCUT2D eigenvalue weighted by Crippen LogP contribution is 2.29. The summed E-state index contributed by atoms with van der Waals surface area (Å²) in [6, 6.07) is 66.2. The maximum Gasteiger partial charge on any atom is 0.407 e. The van der Waals surface area contributed by atoms with Crippen molar-refractivity contribution in [1.82, 2.24) is 21.3 Å². The average Bonchev–Trinajstić information content (AvgIpc) is 0.905. The van der Waals surface area contributed by atoms with Crippen molar-refractivity contribution in [3.8, 4) is 23.0 Å². The molecule has 0 aromatic heterocycles. The van der Waals surface area contributed by atoms with Crippen LogP contribution in [0.1, 0.15) is 115 Å². The Labute approximate surface area is 779 Å². The summed E-state index contributed by atoms with van der Waals surface area (Å²) in [6.07, 6.45) is -2.21. The predicted octanol–water partition coefficient (Wildman–Crippen LogP) is 21.3. The summed E-state index contributed by atoms with van der Waals surface area (Å²) in [4.78, 5) is 97.8. The second kappa shape index (κ2) is 62.1. The first-order valence-corrected chi connectivity index (χ1v) is 46.2. The zero-order chi connectivity index (χ0) is 93.4. The molecule has 0 aliphatic carbocycles. The number of carbonyl (C=O) groups is 8. The quantitative estimate of drug-likeness (QED) is 0.00905. The van der Waals surface area contributed by atoms with Gasteiger partial charge in [-0.05, 0) is 181 Å². The van der Waals surface area contributed by atoms with Gasteiger partial charge < -0.3 is 78.1 Å². The standard InChI is InChI=1S/C25H30ClNO5S.C25H31NO5S.C24H28ClNO5S.C24H29NO5S/c1-17(2)19-5-9-21(10-6-19)31-15-22(16-33-23-11-7-20(26)8-12-23)32-25(29)27-13-14-30-24(28)18(3)4;1-18(2)20-10-12-21(13-11-20)30-16-22(17-32-23-8-6-5-7-9-23)31-25(28)26-14-15-29-24(27)19(3)4;1-4-23(27)29-14-13-26-24(28)31-21(16-32-22-11-7-19(25)8-12-22)15-30-20-9-5-18(6-10-20)17(2)3;1-4-23(26)28-15-14-25-24(27)30-21(17-31-22-8-6-5-7-9-22)16-29-20-12-10-19(11-13-20)18(2)3/h5-12,17,22H,3,13-16H2,1-2,4H3,(H,27,29);5-13,18,22H,3,14-17H2,1-2,4H3,(H,26,28);4-12,17,21H,1,13-16H2,2-3H3,(H,26,28);4-13,18,21H,1,14-17H2,2-3H3,(H,25,27). The van der Waals surface area contributed by atoms with Crippen molar-refractivity contribution in [3.05, 3.63) is 288 Å². The Morgan fingerprint density at radius 1 is 0.320 bits per heavy atom. The number of hydrogen-bond acceptors (Lipinski definition) is 24. The lowest BCUT2D eigenvalue weighted by atomic mass is 10.0. The van der Waals surface area contributed by atoms with E-state index in [1.54, 1.807) is 37.4 Å². The van der Waals surface area contributed by atoms with Gasteiger partial charge in [0, 0.05) is 75.9 Å². The zero-order valence-electron chi connectivity index (χ0n) is 74.1. The van der Waals surface area contributed by atoms with E-state index < -0.39 is 72.7 Å². The van der Waals surface area contributed by atoms with Gasteiger partial charge in [-0.25, -0.2) is 38.4 Å². The fraction of sp³-hybridized carbons (Fsp3) is 0.347. The minimum atomic E-state index is -0.611. The third kappa shape index (κ3) is 47.6. The van der Waals surface area contributed by atoms with Crippen LogP contribution in [0.4, 0.5) is 19.2 Å². The molecule has 0 aliphatic rings. The van der Waals surface area contributed by atoms with Crippen molar-refractivity contribution >= 4 is 118 Å². The molecular weight excluding hydrogens is 1750 g/mol. The van der Waals surface area contributed by atoms with Crippen LogP contribution >= 0.6 is 70.2 Å². The average molecular weight is 1870 g/mol. The van der Waals surface area contributed by atoms with Crippen LogP contribution in [0, 0.1) is 0 Å². The van der Waals surface area contributed by atoms with E-state index in [0.717, 1.165) is 43.2 Å². The third-order valence-electron chi connectivity index (χ3n) is 17.4. The highest BCUT2D eigenvalue weighted by Gasteiger charge is 2.23. The fourth-order valence-corrected chi connectivity index (χ4v) is 14.0. The topological polar surface area (TPSA) is 295 Å². The highest BCUT2D eigenvalue weighted by molar-refractivity contribution is 8.00. The lowest BCUT2D eigenvalue weighted by Crippen LogP contribution is -2.35. The number of nitrogens with one attached hydrogen (secondary N) is 4. The second-order valence-electron chi connectivity index (χ2n) is 29.3. The van der Waals surface area contributed by atoms with Crippen LogP contribution in [0.25, 0.3) is 0 Å². The van der Waals surface area contributed by atoms with Crippen molar-refractivity contribution < 1.29 is 95.2 Å². The maximum atomic E-state index is 12.2. The minimum Gasteiger partial charge on any atom is -0.490 e. The monoisotopic (exact) mass is 1870 g/mol. The first-order valence-electron chi connectivity index (χ1n) is 41.5. The largest absolute Gasteiger partial charge is 0.490 e. The number of halogens is 2. The molecule has 4 unspecified atom stereocenters. The predicted molar refractivity (Wildman–Crippen MR) is 510 cm³/mol. The van der Waals surface area contributed by atoms with Gasteiger partial charge in [0.25, 0.3) is 0 Å². The molecule has 0 bridgehead atoms. The van der Waals surface area contributed by atoms with Gasteiger partial charge in [-0.2, -0.15) is 0 Å². The smallest absolute Gasteiger partial charge is 0.407 e. The van der Waals surface area contributed by atoms with Crippen molar-refractivity contribution in [2.24, 2.45) is 0 Å². The molecule has 0 heterocycles. The van der Waals surface area contributed by atoms with Crippen LogP contribution < -0.4 is 40.2 Å². The Kier molecular flexibility index (Phi) is 52.1. The van der Waals surface area contributed by atoms with E-state index >= 15 is 0 Å². The van der Waals surface area contributed by atoms with Gasteiger partial charge >= 0.3 is 48.3 Å². The van der Waals surface area contributed by atoms with Gasteiger partial charge in [0.15, 0.2) is 0 Å². The summed E-state index contributed by atoms with van der Waals surface area (Å²) < 4.78 is 65.2. The van der Waals surface area contributed by atoms with Crippen LogP contribution in [-0.2, 0) is 57.1 Å². The van der Waals surface area contributed by atoms with E-state index in [9.17, 15) is 38.4 Å². The van der Waals surface area contributed by atoms with Gasteiger partial charge in [-0.3, -0.25) is 0 Å². The number of rotatable bonds is 48. The van der Waals surface area contributed by atoms with E-state index in [0.29, 0.717) is 79.4 Å². The third-order valence-corrected chi connectivity index (χ3v) is 22.4. The molecule has 688 valence electrons. The SMILES string of the molecule is C=C(C)C(=O)OCCNC(=O)OC(COc1ccc(C(C)C)cc1)CSc1ccc(Cl)cc1.C=C(C)C(=O)OCCNC(=O)OC(COc1ccc(C(C)C)cc1)CSc1ccccc1.C=CC(=O)OCCNC(=O)OC(COc1ccc(C(C)C)cc1)CSc1ccc(Cl)cc1.C=CC(=O)OCCNC(=O)OC(COc1ccc(C(C)C)cc1)CSc1ccccc1. The molecule has 8 aromatic rings. The van der Waals surface area contributed by atoms with E-state index in [1.165, 1.54) is 45.8 Å². The first kappa shape index (κ1) is 107. The number of benzene rings is 8. The number of amides is 4. The van der Waals surface area contributed by atoms with Crippen molar-refractivity contribution in [1.29, 1.82) is 0 Å². The summed E-state index contributed by atoms with van der Waals surface area (Å²) in [5, 5.41) is 11.6. The van der Waals surface area contributed by atoms with Crippen LogP contribution in [0.15, 0.2) is 275 Å². The summed E-state index contributed by atoms with van der Waals surface area (Å²) >= 11 is 18.1. The van der Waals surface area contributed by atoms with Crippen molar-refractivity contribution in [3.63, 3.8) is 0 Å².